The van der Waals surface area contributed by atoms with E-state index < -0.39 is 0 Å². The topological polar surface area (TPSA) is 46.2 Å². The molecule has 1 rings (SSSR count). The van der Waals surface area contributed by atoms with Crippen molar-refractivity contribution in [2.24, 2.45) is 11.8 Å². The minimum absolute atomic E-state index is 0.0419. The van der Waals surface area contributed by atoms with E-state index in [9.17, 15) is 9.59 Å². The zero-order valence-electron chi connectivity index (χ0n) is 12.5. The molecule has 19 heavy (non-hydrogen) atoms. The zero-order valence-corrected chi connectivity index (χ0v) is 12.5. The minimum atomic E-state index is -0.0898. The molecule has 0 bridgehead atoms. The Morgan fingerprint density at radius 3 is 2.21 bits per heavy atom. The number of hydrogen-bond acceptors (Lipinski definition) is 2. The molecule has 3 heteroatoms. The van der Waals surface area contributed by atoms with Gasteiger partial charge in [-0.1, -0.05) is 65.2 Å². The van der Waals surface area contributed by atoms with Gasteiger partial charge in [0.25, 0.3) is 0 Å². The van der Waals surface area contributed by atoms with Gasteiger partial charge in [-0.3, -0.25) is 14.9 Å². The first-order valence-electron chi connectivity index (χ1n) is 8.02. The maximum Gasteiger partial charge on any atom is 0.230 e. The average molecular weight is 267 g/mol. The van der Waals surface area contributed by atoms with Crippen LogP contribution in [0.1, 0.15) is 78.1 Å². The van der Waals surface area contributed by atoms with E-state index in [1.165, 1.54) is 44.9 Å². The molecule has 2 unspecified atom stereocenters. The van der Waals surface area contributed by atoms with E-state index in [0.717, 1.165) is 12.8 Å². The monoisotopic (exact) mass is 267 g/mol. The average Bonchev–Trinajstić information content (AvgIpc) is 2.72. The lowest BCUT2D eigenvalue weighted by Crippen LogP contribution is -2.26. The summed E-state index contributed by atoms with van der Waals surface area (Å²) in [6.07, 6.45) is 11.6. The molecule has 1 N–H and O–H groups in total. The van der Waals surface area contributed by atoms with Crippen LogP contribution >= 0.6 is 0 Å². The maximum absolute atomic E-state index is 11.7. The summed E-state index contributed by atoms with van der Waals surface area (Å²) in [5.41, 5.74) is 0. The molecule has 3 nitrogen and oxygen atoms in total. The van der Waals surface area contributed by atoms with Crippen molar-refractivity contribution in [3.63, 3.8) is 0 Å². The van der Waals surface area contributed by atoms with Gasteiger partial charge >= 0.3 is 0 Å². The Balaban J connectivity index is 2.15. The highest BCUT2D eigenvalue weighted by Crippen LogP contribution is 2.28. The van der Waals surface area contributed by atoms with E-state index in [2.05, 4.69) is 19.2 Å². The molecule has 1 saturated heterocycles. The third-order valence-corrected chi connectivity index (χ3v) is 4.28. The highest BCUT2D eigenvalue weighted by Gasteiger charge is 2.35. The summed E-state index contributed by atoms with van der Waals surface area (Å²) in [5.74, 6) is 0.201. The van der Waals surface area contributed by atoms with E-state index in [1.54, 1.807) is 0 Å². The van der Waals surface area contributed by atoms with Crippen LogP contribution < -0.4 is 5.32 Å². The third-order valence-electron chi connectivity index (χ3n) is 4.28. The molecule has 0 aromatic heterocycles. The Bertz CT molecular complexity index is 288. The van der Waals surface area contributed by atoms with Gasteiger partial charge in [-0.15, -0.1) is 0 Å². The molecule has 0 saturated carbocycles. The fourth-order valence-electron chi connectivity index (χ4n) is 3.01. The number of imide groups is 1. The first-order chi connectivity index (χ1) is 9.19. The van der Waals surface area contributed by atoms with Crippen molar-refractivity contribution in [1.82, 2.24) is 5.32 Å². The normalized spacial score (nSPS) is 20.6. The second kappa shape index (κ2) is 9.11. The molecule has 1 fully saturated rings. The lowest BCUT2D eigenvalue weighted by atomic mass is 9.84. The summed E-state index contributed by atoms with van der Waals surface area (Å²) < 4.78 is 0. The Morgan fingerprint density at radius 2 is 1.68 bits per heavy atom. The van der Waals surface area contributed by atoms with Crippen LogP contribution in [0.25, 0.3) is 0 Å². The SMILES string of the molecule is CCCCCCCCCC(CC)C1CC(=O)NC1=O. The lowest BCUT2D eigenvalue weighted by Gasteiger charge is -2.19. The predicted octanol–water partition coefficient (Wildman–Crippen LogP) is 3.82. The first kappa shape index (κ1) is 16.2. The van der Waals surface area contributed by atoms with Gasteiger partial charge < -0.3 is 0 Å². The summed E-state index contributed by atoms with van der Waals surface area (Å²) in [6.45, 7) is 4.36. The van der Waals surface area contributed by atoms with E-state index in [4.69, 9.17) is 0 Å². The Labute approximate surface area is 117 Å². The molecule has 0 aromatic rings. The molecule has 0 radical (unpaired) electrons. The van der Waals surface area contributed by atoms with E-state index in [1.807, 2.05) is 0 Å². The quantitative estimate of drug-likeness (QED) is 0.483. The molecule has 1 aliphatic rings. The maximum atomic E-state index is 11.7. The van der Waals surface area contributed by atoms with E-state index >= 15 is 0 Å². The van der Waals surface area contributed by atoms with Gasteiger partial charge in [-0.2, -0.15) is 0 Å². The number of carbonyl (C=O) groups excluding carboxylic acids is 2. The standard InChI is InChI=1S/C16H29NO2/c1-3-5-6-7-8-9-10-11-13(4-2)14-12-15(18)17-16(14)19/h13-14H,3-12H2,1-2H3,(H,17,18,19). The van der Waals surface area contributed by atoms with Crippen LogP contribution in [0.3, 0.4) is 0 Å². The van der Waals surface area contributed by atoms with Gasteiger partial charge in [-0.25, -0.2) is 0 Å². The molecule has 1 heterocycles. The van der Waals surface area contributed by atoms with Gasteiger partial charge in [0, 0.05) is 12.3 Å². The van der Waals surface area contributed by atoms with E-state index in [0.29, 0.717) is 12.3 Å². The Kier molecular flexibility index (Phi) is 7.76. The highest BCUT2D eigenvalue weighted by molar-refractivity contribution is 6.03. The summed E-state index contributed by atoms with van der Waals surface area (Å²) in [6, 6.07) is 0. The zero-order chi connectivity index (χ0) is 14.1. The van der Waals surface area contributed by atoms with E-state index in [-0.39, 0.29) is 17.7 Å². The highest BCUT2D eigenvalue weighted by atomic mass is 16.2. The third kappa shape index (κ3) is 5.75. The second-order valence-electron chi connectivity index (χ2n) is 5.80. The summed E-state index contributed by atoms with van der Waals surface area (Å²) >= 11 is 0. The fourth-order valence-corrected chi connectivity index (χ4v) is 3.01. The van der Waals surface area contributed by atoms with Crippen LogP contribution in [0.5, 0.6) is 0 Å². The molecule has 0 aliphatic carbocycles. The summed E-state index contributed by atoms with van der Waals surface area (Å²) in [5, 5.41) is 2.43. The molecule has 110 valence electrons. The van der Waals surface area contributed by atoms with Gasteiger partial charge in [0.15, 0.2) is 0 Å². The molecule has 0 aromatic carbocycles. The van der Waals surface area contributed by atoms with Crippen molar-refractivity contribution in [3.05, 3.63) is 0 Å². The smallest absolute Gasteiger partial charge is 0.230 e. The molecular formula is C16H29NO2. The van der Waals surface area contributed by atoms with Gasteiger partial charge in [0.05, 0.1) is 0 Å². The molecular weight excluding hydrogens is 238 g/mol. The summed E-state index contributed by atoms with van der Waals surface area (Å²) in [4.78, 5) is 22.9. The largest absolute Gasteiger partial charge is 0.296 e. The predicted molar refractivity (Wildman–Crippen MR) is 77.6 cm³/mol. The lowest BCUT2D eigenvalue weighted by molar-refractivity contribution is -0.126. The summed E-state index contributed by atoms with van der Waals surface area (Å²) in [7, 11) is 0. The van der Waals surface area contributed by atoms with Crippen molar-refractivity contribution in [3.8, 4) is 0 Å². The van der Waals surface area contributed by atoms with Gasteiger partial charge in [-0.05, 0) is 12.3 Å². The molecule has 1 aliphatic heterocycles. The second-order valence-corrected chi connectivity index (χ2v) is 5.80. The van der Waals surface area contributed by atoms with Gasteiger partial charge in [0.2, 0.25) is 11.8 Å². The number of rotatable bonds is 10. The first-order valence-corrected chi connectivity index (χ1v) is 8.02. The molecule has 2 amide bonds. The van der Waals surface area contributed by atoms with Crippen molar-refractivity contribution in [1.29, 1.82) is 0 Å². The molecule has 0 spiro atoms. The van der Waals surface area contributed by atoms with Crippen molar-refractivity contribution >= 4 is 11.8 Å². The van der Waals surface area contributed by atoms with Crippen LogP contribution in [0, 0.1) is 11.8 Å². The number of amides is 2. The number of unbranched alkanes of at least 4 members (excludes halogenated alkanes) is 6. The number of hydrogen-bond donors (Lipinski definition) is 1. The Morgan fingerprint density at radius 1 is 1.05 bits per heavy atom. The van der Waals surface area contributed by atoms with Crippen LogP contribution in [0.4, 0.5) is 0 Å². The number of nitrogens with one attached hydrogen (secondary N) is 1. The van der Waals surface area contributed by atoms with Crippen molar-refractivity contribution in [2.45, 2.75) is 78.1 Å². The molecule has 2 atom stereocenters. The van der Waals surface area contributed by atoms with Crippen LogP contribution in [0.2, 0.25) is 0 Å². The van der Waals surface area contributed by atoms with Crippen LogP contribution in [-0.4, -0.2) is 11.8 Å². The van der Waals surface area contributed by atoms with Crippen LogP contribution in [-0.2, 0) is 9.59 Å². The van der Waals surface area contributed by atoms with Crippen LogP contribution in [0.15, 0.2) is 0 Å². The number of carbonyl (C=O) groups is 2. The minimum Gasteiger partial charge on any atom is -0.296 e. The fraction of sp³-hybridized carbons (Fsp3) is 0.875. The van der Waals surface area contributed by atoms with Gasteiger partial charge in [0.1, 0.15) is 0 Å². The van der Waals surface area contributed by atoms with Crippen molar-refractivity contribution < 1.29 is 9.59 Å². The van der Waals surface area contributed by atoms with Crippen molar-refractivity contribution in [2.75, 3.05) is 0 Å². The Hall–Kier alpha value is -0.860.